The van der Waals surface area contributed by atoms with Crippen LogP contribution in [0.3, 0.4) is 0 Å². The van der Waals surface area contributed by atoms with Crippen molar-refractivity contribution >= 4 is 17.2 Å². The summed E-state index contributed by atoms with van der Waals surface area (Å²) in [7, 11) is 0. The number of hydrogen-bond acceptors (Lipinski definition) is 3. The first-order chi connectivity index (χ1) is 7.18. The van der Waals surface area contributed by atoms with E-state index in [4.69, 9.17) is 0 Å². The van der Waals surface area contributed by atoms with Crippen LogP contribution in [0.1, 0.15) is 19.4 Å². The van der Waals surface area contributed by atoms with Gasteiger partial charge < -0.3 is 10.6 Å². The van der Waals surface area contributed by atoms with Gasteiger partial charge in [0.05, 0.1) is 6.54 Å². The van der Waals surface area contributed by atoms with Crippen molar-refractivity contribution in [1.82, 2.24) is 10.6 Å². The second kappa shape index (κ2) is 6.58. The monoisotopic (exact) mass is 226 g/mol. The minimum absolute atomic E-state index is 0.0685. The highest BCUT2D eigenvalue weighted by atomic mass is 32.1. The number of carbonyl (C=O) groups excluding carboxylic acids is 1. The quantitative estimate of drug-likeness (QED) is 0.770. The largest absolute Gasteiger partial charge is 0.355 e. The first kappa shape index (κ1) is 12.2. The van der Waals surface area contributed by atoms with Crippen LogP contribution in [-0.2, 0) is 11.2 Å². The van der Waals surface area contributed by atoms with Crippen LogP contribution in [0.15, 0.2) is 16.8 Å². The smallest absolute Gasteiger partial charge is 0.233 e. The predicted molar refractivity (Wildman–Crippen MR) is 64.2 cm³/mol. The fourth-order valence-electron chi connectivity index (χ4n) is 1.14. The second-order valence-electron chi connectivity index (χ2n) is 3.77. The van der Waals surface area contributed by atoms with Gasteiger partial charge in [-0.15, -0.1) is 0 Å². The van der Waals surface area contributed by atoms with Gasteiger partial charge in [0.15, 0.2) is 0 Å². The molecule has 0 atom stereocenters. The van der Waals surface area contributed by atoms with E-state index < -0.39 is 0 Å². The molecule has 2 N–H and O–H groups in total. The summed E-state index contributed by atoms with van der Waals surface area (Å²) in [5.74, 6) is 0.0685. The third-order valence-electron chi connectivity index (χ3n) is 1.99. The van der Waals surface area contributed by atoms with Gasteiger partial charge in [-0.1, -0.05) is 13.8 Å². The molecule has 0 saturated carbocycles. The first-order valence-electron chi connectivity index (χ1n) is 5.19. The van der Waals surface area contributed by atoms with E-state index in [1.807, 2.05) is 13.8 Å². The van der Waals surface area contributed by atoms with E-state index in [1.54, 1.807) is 11.3 Å². The molecule has 1 rings (SSSR count). The van der Waals surface area contributed by atoms with E-state index in [-0.39, 0.29) is 5.91 Å². The lowest BCUT2D eigenvalue weighted by atomic mass is 10.2. The summed E-state index contributed by atoms with van der Waals surface area (Å²) in [5, 5.41) is 10.1. The molecule has 0 unspecified atom stereocenters. The molecule has 15 heavy (non-hydrogen) atoms. The molecular formula is C11H18N2OS. The summed E-state index contributed by atoms with van der Waals surface area (Å²) in [6.45, 7) is 5.17. The fraction of sp³-hybridized carbons (Fsp3) is 0.545. The van der Waals surface area contributed by atoms with E-state index >= 15 is 0 Å². The maximum Gasteiger partial charge on any atom is 0.233 e. The molecule has 0 radical (unpaired) electrons. The number of rotatable bonds is 6. The van der Waals surface area contributed by atoms with E-state index in [2.05, 4.69) is 27.5 Å². The zero-order valence-corrected chi connectivity index (χ0v) is 10.1. The highest BCUT2D eigenvalue weighted by Gasteiger charge is 2.01. The summed E-state index contributed by atoms with van der Waals surface area (Å²) in [6.07, 6.45) is 0.914. The molecule has 1 heterocycles. The molecule has 0 aliphatic rings. The van der Waals surface area contributed by atoms with E-state index in [0.29, 0.717) is 12.6 Å². The van der Waals surface area contributed by atoms with Gasteiger partial charge in [0.25, 0.3) is 0 Å². The fourth-order valence-corrected chi connectivity index (χ4v) is 1.84. The zero-order valence-electron chi connectivity index (χ0n) is 9.25. The third kappa shape index (κ3) is 5.54. The maximum atomic E-state index is 11.3. The SMILES string of the molecule is CC(C)NCC(=O)NCCc1ccsc1. The van der Waals surface area contributed by atoms with Gasteiger partial charge in [0.1, 0.15) is 0 Å². The summed E-state index contributed by atoms with van der Waals surface area (Å²) >= 11 is 1.69. The Morgan fingerprint density at radius 2 is 2.33 bits per heavy atom. The van der Waals surface area contributed by atoms with Crippen molar-refractivity contribution in [1.29, 1.82) is 0 Å². The van der Waals surface area contributed by atoms with Crippen LogP contribution in [0.5, 0.6) is 0 Å². The predicted octanol–water partition coefficient (Wildman–Crippen LogP) is 1.40. The Kier molecular flexibility index (Phi) is 5.36. The van der Waals surface area contributed by atoms with Crippen LogP contribution in [-0.4, -0.2) is 25.0 Å². The number of nitrogens with one attached hydrogen (secondary N) is 2. The van der Waals surface area contributed by atoms with Crippen LogP contribution in [0.4, 0.5) is 0 Å². The van der Waals surface area contributed by atoms with Crippen molar-refractivity contribution in [3.63, 3.8) is 0 Å². The maximum absolute atomic E-state index is 11.3. The summed E-state index contributed by atoms with van der Waals surface area (Å²) in [5.41, 5.74) is 1.29. The van der Waals surface area contributed by atoms with E-state index in [9.17, 15) is 4.79 Å². The van der Waals surface area contributed by atoms with E-state index in [1.165, 1.54) is 5.56 Å². The third-order valence-corrected chi connectivity index (χ3v) is 2.72. The molecule has 0 saturated heterocycles. The molecule has 1 aromatic heterocycles. The standard InChI is InChI=1S/C11H18N2OS/c1-9(2)13-7-11(14)12-5-3-10-4-6-15-8-10/h4,6,8-9,13H,3,5,7H2,1-2H3,(H,12,14). The van der Waals surface area contributed by atoms with E-state index in [0.717, 1.165) is 13.0 Å². The highest BCUT2D eigenvalue weighted by Crippen LogP contribution is 2.05. The normalized spacial score (nSPS) is 10.6. The van der Waals surface area contributed by atoms with Crippen molar-refractivity contribution in [2.75, 3.05) is 13.1 Å². The average Bonchev–Trinajstić information content (AvgIpc) is 2.67. The van der Waals surface area contributed by atoms with Gasteiger partial charge in [0.2, 0.25) is 5.91 Å². The van der Waals surface area contributed by atoms with Gasteiger partial charge in [-0.2, -0.15) is 11.3 Å². The molecule has 84 valence electrons. The van der Waals surface area contributed by atoms with Crippen LogP contribution >= 0.6 is 11.3 Å². The number of thiophene rings is 1. The van der Waals surface area contributed by atoms with Gasteiger partial charge in [0, 0.05) is 12.6 Å². The van der Waals surface area contributed by atoms with Crippen LogP contribution in [0, 0.1) is 0 Å². The summed E-state index contributed by atoms with van der Waals surface area (Å²) < 4.78 is 0. The molecule has 0 aromatic carbocycles. The van der Waals surface area contributed by atoms with Crippen molar-refractivity contribution in [3.05, 3.63) is 22.4 Å². The number of carbonyl (C=O) groups is 1. The van der Waals surface area contributed by atoms with Crippen LogP contribution in [0.2, 0.25) is 0 Å². The molecular weight excluding hydrogens is 208 g/mol. The van der Waals surface area contributed by atoms with Gasteiger partial charge in [-0.25, -0.2) is 0 Å². The Labute approximate surface area is 94.9 Å². The van der Waals surface area contributed by atoms with Crippen molar-refractivity contribution in [2.24, 2.45) is 0 Å². The second-order valence-corrected chi connectivity index (χ2v) is 4.55. The Morgan fingerprint density at radius 1 is 1.53 bits per heavy atom. The first-order valence-corrected chi connectivity index (χ1v) is 6.14. The lowest BCUT2D eigenvalue weighted by Crippen LogP contribution is -2.37. The Bertz CT molecular complexity index is 283. The molecule has 0 bridgehead atoms. The summed E-state index contributed by atoms with van der Waals surface area (Å²) in [6, 6.07) is 2.44. The summed E-state index contributed by atoms with van der Waals surface area (Å²) in [4.78, 5) is 11.3. The minimum atomic E-state index is 0.0685. The lowest BCUT2D eigenvalue weighted by Gasteiger charge is -2.08. The molecule has 1 aromatic rings. The molecule has 0 fully saturated rings. The topological polar surface area (TPSA) is 41.1 Å². The minimum Gasteiger partial charge on any atom is -0.355 e. The molecule has 3 nitrogen and oxygen atoms in total. The van der Waals surface area contributed by atoms with Gasteiger partial charge in [-0.05, 0) is 28.8 Å². The van der Waals surface area contributed by atoms with Crippen LogP contribution in [0.25, 0.3) is 0 Å². The van der Waals surface area contributed by atoms with Gasteiger partial charge in [-0.3, -0.25) is 4.79 Å². The number of amides is 1. The van der Waals surface area contributed by atoms with Crippen molar-refractivity contribution < 1.29 is 4.79 Å². The molecule has 0 spiro atoms. The Balaban J connectivity index is 2.07. The zero-order chi connectivity index (χ0) is 11.1. The van der Waals surface area contributed by atoms with Gasteiger partial charge >= 0.3 is 0 Å². The molecule has 0 aliphatic heterocycles. The highest BCUT2D eigenvalue weighted by molar-refractivity contribution is 7.07. The number of hydrogen-bond donors (Lipinski definition) is 2. The lowest BCUT2D eigenvalue weighted by molar-refractivity contribution is -0.120. The van der Waals surface area contributed by atoms with Crippen LogP contribution < -0.4 is 10.6 Å². The Morgan fingerprint density at radius 3 is 2.93 bits per heavy atom. The van der Waals surface area contributed by atoms with Crippen molar-refractivity contribution in [3.8, 4) is 0 Å². The Hall–Kier alpha value is -0.870. The molecule has 4 heteroatoms. The average molecular weight is 226 g/mol. The molecule has 0 aliphatic carbocycles. The van der Waals surface area contributed by atoms with Crippen molar-refractivity contribution in [2.45, 2.75) is 26.3 Å². The molecule has 1 amide bonds.